The number of nitrogens with zero attached hydrogens (tertiary/aromatic N) is 4. The highest BCUT2D eigenvalue weighted by Gasteiger charge is 2.25. The molecule has 0 amide bonds. The molecule has 2 atom stereocenters. The number of ketones is 1. The minimum Gasteiger partial charge on any atom is -0.355 e. The van der Waals surface area contributed by atoms with Gasteiger partial charge in [-0.05, 0) is 49.9 Å². The fraction of sp³-hybridized carbons (Fsp3) is 0.385. The first-order valence-electron chi connectivity index (χ1n) is 11.8. The molecule has 2 aliphatic rings. The number of allylic oxidation sites excluding steroid dienone is 2. The molecule has 5 rings (SSSR count). The predicted octanol–water partition coefficient (Wildman–Crippen LogP) is 4.86. The van der Waals surface area contributed by atoms with Crippen molar-refractivity contribution in [1.29, 1.82) is 0 Å². The molecule has 4 heterocycles. The van der Waals surface area contributed by atoms with Crippen LogP contribution in [0.5, 0.6) is 0 Å². The zero-order chi connectivity index (χ0) is 22.8. The number of aromatic amines is 1. The van der Waals surface area contributed by atoms with Gasteiger partial charge >= 0.3 is 0 Å². The van der Waals surface area contributed by atoms with E-state index in [1.807, 2.05) is 19.2 Å². The number of aromatic nitrogens is 3. The second-order valence-electron chi connectivity index (χ2n) is 9.04. The smallest absolute Gasteiger partial charge is 0.158 e. The van der Waals surface area contributed by atoms with Gasteiger partial charge in [0, 0.05) is 49.3 Å². The summed E-state index contributed by atoms with van der Waals surface area (Å²) < 4.78 is 0. The van der Waals surface area contributed by atoms with Gasteiger partial charge in [0.05, 0.1) is 11.1 Å². The highest BCUT2D eigenvalue weighted by Crippen LogP contribution is 2.33. The standard InChI is InChI=1S/C26H30N6O/c1-3-18-14-22(33)12-17(2)30-24(18)31-21-8-4-6-19(13-21)20-7-5-11-32(15-20)26-23-9-10-27-25(23)28-16-29-26/h4,6,8-10,12-13,16,18,20H,3,5,7,11,14-15H2,1-2H3,(H,30,31)(H,27,28,29). The molecule has 33 heavy (non-hydrogen) atoms. The first-order chi connectivity index (χ1) is 16.1. The average molecular weight is 443 g/mol. The summed E-state index contributed by atoms with van der Waals surface area (Å²) in [5.41, 5.74) is 3.97. The molecule has 1 fully saturated rings. The quantitative estimate of drug-likeness (QED) is 0.602. The number of carbonyl (C=O) groups is 1. The van der Waals surface area contributed by atoms with Crippen molar-refractivity contribution in [2.24, 2.45) is 10.9 Å². The van der Waals surface area contributed by atoms with Gasteiger partial charge in [-0.2, -0.15) is 0 Å². The average Bonchev–Trinajstić information content (AvgIpc) is 3.26. The zero-order valence-electron chi connectivity index (χ0n) is 19.2. The van der Waals surface area contributed by atoms with Crippen LogP contribution in [-0.2, 0) is 4.79 Å². The highest BCUT2D eigenvalue weighted by atomic mass is 16.1. The first kappa shape index (κ1) is 21.4. The maximum atomic E-state index is 12.1. The molecule has 2 unspecified atom stereocenters. The van der Waals surface area contributed by atoms with E-state index in [1.54, 1.807) is 12.4 Å². The number of hydrogen-bond acceptors (Lipinski definition) is 5. The van der Waals surface area contributed by atoms with Crippen molar-refractivity contribution < 1.29 is 4.79 Å². The Kier molecular flexibility index (Phi) is 5.94. The maximum Gasteiger partial charge on any atom is 0.158 e. The number of anilines is 1. The molecule has 0 saturated carbocycles. The summed E-state index contributed by atoms with van der Waals surface area (Å²) in [4.78, 5) is 31.6. The van der Waals surface area contributed by atoms with Crippen LogP contribution in [0.2, 0.25) is 0 Å². The van der Waals surface area contributed by atoms with Gasteiger partial charge in [-0.25, -0.2) is 15.0 Å². The molecule has 0 aliphatic carbocycles. The molecule has 0 spiro atoms. The van der Waals surface area contributed by atoms with Crippen LogP contribution in [0.1, 0.15) is 51.0 Å². The molecule has 7 heteroatoms. The van der Waals surface area contributed by atoms with Crippen molar-refractivity contribution >= 4 is 34.2 Å². The van der Waals surface area contributed by atoms with Crippen LogP contribution in [-0.4, -0.2) is 39.7 Å². The summed E-state index contributed by atoms with van der Waals surface area (Å²) in [5.74, 6) is 2.57. The van der Waals surface area contributed by atoms with Crippen molar-refractivity contribution in [3.8, 4) is 0 Å². The summed E-state index contributed by atoms with van der Waals surface area (Å²) in [7, 11) is 0. The van der Waals surface area contributed by atoms with Gasteiger partial charge < -0.3 is 15.2 Å². The van der Waals surface area contributed by atoms with Crippen molar-refractivity contribution in [3.05, 3.63) is 60.2 Å². The molecule has 0 bridgehead atoms. The van der Waals surface area contributed by atoms with E-state index in [0.717, 1.165) is 66.4 Å². The summed E-state index contributed by atoms with van der Waals surface area (Å²) >= 11 is 0. The van der Waals surface area contributed by atoms with Crippen LogP contribution in [0, 0.1) is 5.92 Å². The Morgan fingerprint density at radius 2 is 2.15 bits per heavy atom. The number of nitrogens with one attached hydrogen (secondary N) is 2. The summed E-state index contributed by atoms with van der Waals surface area (Å²) in [5, 5.41) is 4.44. The van der Waals surface area contributed by atoms with Crippen LogP contribution in [0.3, 0.4) is 0 Å². The molecular weight excluding hydrogens is 412 g/mol. The molecule has 2 aliphatic heterocycles. The lowest BCUT2D eigenvalue weighted by molar-refractivity contribution is -0.115. The van der Waals surface area contributed by atoms with Crippen molar-refractivity contribution in [1.82, 2.24) is 20.3 Å². The Labute approximate surface area is 194 Å². The van der Waals surface area contributed by atoms with Crippen molar-refractivity contribution in [3.63, 3.8) is 0 Å². The number of piperidine rings is 1. The number of carbonyl (C=O) groups excluding carboxylic acids is 1. The summed E-state index contributed by atoms with van der Waals surface area (Å²) in [6, 6.07) is 10.6. The number of H-pyrrole nitrogens is 1. The van der Waals surface area contributed by atoms with Crippen LogP contribution in [0.4, 0.5) is 11.5 Å². The van der Waals surface area contributed by atoms with E-state index >= 15 is 0 Å². The number of hydrogen-bond donors (Lipinski definition) is 2. The molecule has 1 aromatic carbocycles. The van der Waals surface area contributed by atoms with Gasteiger partial charge in [-0.15, -0.1) is 0 Å². The second-order valence-corrected chi connectivity index (χ2v) is 9.04. The van der Waals surface area contributed by atoms with Crippen LogP contribution < -0.4 is 10.2 Å². The number of rotatable bonds is 4. The lowest BCUT2D eigenvalue weighted by Gasteiger charge is -2.34. The third-order valence-corrected chi connectivity index (χ3v) is 6.67. The van der Waals surface area contributed by atoms with Crippen LogP contribution >= 0.6 is 0 Å². The third-order valence-electron chi connectivity index (χ3n) is 6.67. The van der Waals surface area contributed by atoms with E-state index in [9.17, 15) is 4.79 Å². The van der Waals surface area contributed by atoms with Gasteiger partial charge in [-0.1, -0.05) is 19.1 Å². The van der Waals surface area contributed by atoms with E-state index < -0.39 is 0 Å². The summed E-state index contributed by atoms with van der Waals surface area (Å²) in [6.07, 6.45) is 8.88. The SMILES string of the molecule is CCC1CC(=O)C=C(C)NC1=Nc1cccc(C2CCCN(c3ncnc4[nH]ccc34)C2)c1. The molecule has 0 radical (unpaired) electrons. The van der Waals surface area contributed by atoms with Gasteiger partial charge in [0.25, 0.3) is 0 Å². The molecular formula is C26H30N6O. The van der Waals surface area contributed by atoms with Gasteiger partial charge in [-0.3, -0.25) is 4.79 Å². The molecule has 7 nitrogen and oxygen atoms in total. The minimum atomic E-state index is 0.113. The molecule has 3 aromatic rings. The predicted molar refractivity (Wildman–Crippen MR) is 132 cm³/mol. The van der Waals surface area contributed by atoms with E-state index in [-0.39, 0.29) is 11.7 Å². The number of benzene rings is 1. The maximum absolute atomic E-state index is 12.1. The Hall–Kier alpha value is -3.48. The second kappa shape index (κ2) is 9.17. The van der Waals surface area contributed by atoms with E-state index in [2.05, 4.69) is 56.4 Å². The zero-order valence-corrected chi connectivity index (χ0v) is 19.2. The van der Waals surface area contributed by atoms with E-state index in [1.165, 1.54) is 5.56 Å². The molecule has 1 saturated heterocycles. The molecule has 2 N–H and O–H groups in total. The highest BCUT2D eigenvalue weighted by molar-refractivity contribution is 5.99. The van der Waals surface area contributed by atoms with Crippen LogP contribution in [0.15, 0.2) is 59.6 Å². The molecule has 2 aromatic heterocycles. The Morgan fingerprint density at radius 1 is 1.24 bits per heavy atom. The number of amidine groups is 1. The largest absolute Gasteiger partial charge is 0.355 e. The Morgan fingerprint density at radius 3 is 3.03 bits per heavy atom. The minimum absolute atomic E-state index is 0.113. The lowest BCUT2D eigenvalue weighted by Crippen LogP contribution is -2.35. The number of aliphatic imine (C=N–C) groups is 1. The first-order valence-corrected chi connectivity index (χ1v) is 11.8. The lowest BCUT2D eigenvalue weighted by atomic mass is 9.90. The van der Waals surface area contributed by atoms with Gasteiger partial charge in [0.2, 0.25) is 0 Å². The summed E-state index contributed by atoms with van der Waals surface area (Å²) in [6.45, 7) is 5.95. The normalized spacial score (nSPS) is 22.8. The fourth-order valence-corrected chi connectivity index (χ4v) is 4.98. The van der Waals surface area contributed by atoms with Crippen molar-refractivity contribution in [2.45, 2.75) is 45.4 Å². The Bertz CT molecular complexity index is 1230. The monoisotopic (exact) mass is 442 g/mol. The number of fused-ring (bicyclic) bond motifs is 1. The van der Waals surface area contributed by atoms with E-state index in [4.69, 9.17) is 4.99 Å². The Balaban J connectivity index is 1.39. The van der Waals surface area contributed by atoms with Gasteiger partial charge in [0.15, 0.2) is 5.78 Å². The third kappa shape index (κ3) is 4.53. The topological polar surface area (TPSA) is 86.3 Å². The van der Waals surface area contributed by atoms with Gasteiger partial charge in [0.1, 0.15) is 23.6 Å². The van der Waals surface area contributed by atoms with Crippen LogP contribution in [0.25, 0.3) is 11.0 Å². The van der Waals surface area contributed by atoms with Crippen molar-refractivity contribution in [2.75, 3.05) is 18.0 Å². The fourth-order valence-electron chi connectivity index (χ4n) is 4.98. The molecule has 170 valence electrons. The van der Waals surface area contributed by atoms with E-state index in [0.29, 0.717) is 12.3 Å².